The first-order valence-electron chi connectivity index (χ1n) is 6.15. The van der Waals surface area contributed by atoms with Crippen molar-refractivity contribution in [3.05, 3.63) is 39.7 Å². The highest BCUT2D eigenvalue weighted by Crippen LogP contribution is 2.44. The first kappa shape index (κ1) is 15.5. The lowest BCUT2D eigenvalue weighted by molar-refractivity contribution is 0.100. The first-order chi connectivity index (χ1) is 9.93. The van der Waals surface area contributed by atoms with E-state index in [0.717, 1.165) is 10.6 Å². The third kappa shape index (κ3) is 3.22. The second kappa shape index (κ2) is 6.24. The molecule has 2 aromatic rings. The van der Waals surface area contributed by atoms with Crippen molar-refractivity contribution in [3.8, 4) is 5.75 Å². The molecular weight excluding hydrogens is 310 g/mol. The fourth-order valence-corrected chi connectivity index (χ4v) is 3.24. The van der Waals surface area contributed by atoms with Gasteiger partial charge in [0, 0.05) is 18.6 Å². The van der Waals surface area contributed by atoms with Gasteiger partial charge >= 0.3 is 0 Å². The topological polar surface area (TPSA) is 81.6 Å². The summed E-state index contributed by atoms with van der Waals surface area (Å²) in [6, 6.07) is 7.57. The molecule has 4 N–H and O–H groups in total. The van der Waals surface area contributed by atoms with E-state index in [0.29, 0.717) is 22.2 Å². The standard InChI is InChI=1S/C14H16ClN3O2S/c1-18(7-8-4-3-5-9(15)6-8)14-11(20-2)10(16)12(21-14)13(17)19/h3-6H,7,16H2,1-2H3,(H2,17,19). The van der Waals surface area contributed by atoms with Crippen LogP contribution in [0.4, 0.5) is 10.7 Å². The van der Waals surface area contributed by atoms with Crippen LogP contribution >= 0.6 is 22.9 Å². The van der Waals surface area contributed by atoms with Gasteiger partial charge in [-0.1, -0.05) is 23.7 Å². The van der Waals surface area contributed by atoms with Gasteiger partial charge in [-0.25, -0.2) is 0 Å². The number of thiophene rings is 1. The van der Waals surface area contributed by atoms with Gasteiger partial charge in [0.05, 0.1) is 7.11 Å². The van der Waals surface area contributed by atoms with Crippen LogP contribution in [0.5, 0.6) is 5.75 Å². The molecule has 0 spiro atoms. The Bertz CT molecular complexity index is 672. The van der Waals surface area contributed by atoms with E-state index < -0.39 is 5.91 Å². The number of nitrogens with zero attached hydrogens (tertiary/aromatic N) is 1. The quantitative estimate of drug-likeness (QED) is 0.885. The first-order valence-corrected chi connectivity index (χ1v) is 7.35. The average molecular weight is 326 g/mol. The van der Waals surface area contributed by atoms with Crippen LogP contribution in [0.1, 0.15) is 15.2 Å². The number of primary amides is 1. The lowest BCUT2D eigenvalue weighted by atomic mass is 10.2. The van der Waals surface area contributed by atoms with Gasteiger partial charge in [-0.2, -0.15) is 0 Å². The van der Waals surface area contributed by atoms with Gasteiger partial charge < -0.3 is 21.1 Å². The molecule has 0 aliphatic heterocycles. The fraction of sp³-hybridized carbons (Fsp3) is 0.214. The number of ether oxygens (including phenoxy) is 1. The monoisotopic (exact) mass is 325 g/mol. The number of hydrogen-bond acceptors (Lipinski definition) is 5. The van der Waals surface area contributed by atoms with E-state index in [1.807, 2.05) is 36.2 Å². The van der Waals surface area contributed by atoms with Crippen LogP contribution < -0.4 is 21.1 Å². The molecule has 0 fully saturated rings. The van der Waals surface area contributed by atoms with Gasteiger partial charge in [-0.15, -0.1) is 11.3 Å². The van der Waals surface area contributed by atoms with Gasteiger partial charge in [-0.05, 0) is 17.7 Å². The molecule has 0 bridgehead atoms. The second-order valence-corrected chi connectivity index (χ2v) is 5.97. The maximum atomic E-state index is 11.4. The molecule has 1 aromatic carbocycles. The predicted molar refractivity (Wildman–Crippen MR) is 87.4 cm³/mol. The molecule has 0 aliphatic rings. The molecule has 2 rings (SSSR count). The number of anilines is 2. The summed E-state index contributed by atoms with van der Waals surface area (Å²) >= 11 is 7.20. The normalized spacial score (nSPS) is 10.4. The van der Waals surface area contributed by atoms with Crippen molar-refractivity contribution >= 4 is 39.5 Å². The summed E-state index contributed by atoms with van der Waals surface area (Å²) < 4.78 is 5.30. The number of halogens is 1. The van der Waals surface area contributed by atoms with E-state index in [2.05, 4.69) is 0 Å². The summed E-state index contributed by atoms with van der Waals surface area (Å²) in [6.07, 6.45) is 0. The summed E-state index contributed by atoms with van der Waals surface area (Å²) in [5, 5.41) is 1.43. The third-order valence-corrected chi connectivity index (χ3v) is 4.52. The van der Waals surface area contributed by atoms with E-state index in [4.69, 9.17) is 27.8 Å². The fourth-order valence-electron chi connectivity index (χ4n) is 2.03. The maximum absolute atomic E-state index is 11.4. The number of methoxy groups -OCH3 is 1. The Hall–Kier alpha value is -1.92. The molecule has 0 aliphatic carbocycles. The number of amides is 1. The van der Waals surface area contributed by atoms with Crippen molar-refractivity contribution in [1.82, 2.24) is 0 Å². The summed E-state index contributed by atoms with van der Waals surface area (Å²) in [5.74, 6) is -0.0865. The molecule has 0 saturated carbocycles. The average Bonchev–Trinajstić information content (AvgIpc) is 2.75. The smallest absolute Gasteiger partial charge is 0.261 e. The number of rotatable bonds is 5. The molecule has 5 nitrogen and oxygen atoms in total. The van der Waals surface area contributed by atoms with E-state index in [-0.39, 0.29) is 5.69 Å². The Morgan fingerprint density at radius 1 is 1.48 bits per heavy atom. The molecule has 0 saturated heterocycles. The Morgan fingerprint density at radius 3 is 2.76 bits per heavy atom. The van der Waals surface area contributed by atoms with E-state index >= 15 is 0 Å². The van der Waals surface area contributed by atoms with Gasteiger partial charge in [0.1, 0.15) is 15.6 Å². The third-order valence-electron chi connectivity index (χ3n) is 2.97. The van der Waals surface area contributed by atoms with Crippen LogP contribution in [0.15, 0.2) is 24.3 Å². The van der Waals surface area contributed by atoms with Crippen LogP contribution in [0.3, 0.4) is 0 Å². The van der Waals surface area contributed by atoms with Crippen molar-refractivity contribution in [3.63, 3.8) is 0 Å². The van der Waals surface area contributed by atoms with Gasteiger partial charge in [0.25, 0.3) is 5.91 Å². The van der Waals surface area contributed by atoms with Crippen LogP contribution in [0.25, 0.3) is 0 Å². The van der Waals surface area contributed by atoms with Crippen LogP contribution in [0.2, 0.25) is 5.02 Å². The summed E-state index contributed by atoms with van der Waals surface area (Å²) in [6.45, 7) is 0.606. The molecule has 0 unspecified atom stereocenters. The van der Waals surface area contributed by atoms with E-state index in [9.17, 15) is 4.79 Å². The molecule has 7 heteroatoms. The molecule has 0 atom stereocenters. The highest BCUT2D eigenvalue weighted by Gasteiger charge is 2.22. The SMILES string of the molecule is COc1c(N(C)Cc2cccc(Cl)c2)sc(C(N)=O)c1N. The summed E-state index contributed by atoms with van der Waals surface area (Å²) in [4.78, 5) is 13.6. The number of carbonyl (C=O) groups is 1. The largest absolute Gasteiger partial charge is 0.492 e. The van der Waals surface area contributed by atoms with Gasteiger partial charge in [0.15, 0.2) is 5.75 Å². The zero-order valence-electron chi connectivity index (χ0n) is 11.7. The van der Waals surface area contributed by atoms with E-state index in [1.54, 1.807) is 0 Å². The van der Waals surface area contributed by atoms with Crippen LogP contribution in [-0.4, -0.2) is 20.1 Å². The zero-order chi connectivity index (χ0) is 15.6. The van der Waals surface area contributed by atoms with Gasteiger partial charge in [-0.3, -0.25) is 4.79 Å². The van der Waals surface area contributed by atoms with Gasteiger partial charge in [0.2, 0.25) is 0 Å². The number of benzene rings is 1. The van der Waals surface area contributed by atoms with Crippen molar-refractivity contribution < 1.29 is 9.53 Å². The van der Waals surface area contributed by atoms with Crippen molar-refractivity contribution in [1.29, 1.82) is 0 Å². The molecule has 1 aromatic heterocycles. The van der Waals surface area contributed by atoms with Crippen molar-refractivity contribution in [2.75, 3.05) is 24.8 Å². The molecule has 21 heavy (non-hydrogen) atoms. The Balaban J connectivity index is 2.32. The van der Waals surface area contributed by atoms with E-state index in [1.165, 1.54) is 18.4 Å². The number of carbonyl (C=O) groups excluding carboxylic acids is 1. The molecule has 0 radical (unpaired) electrons. The number of nitrogen functional groups attached to an aromatic ring is 1. The molecular formula is C14H16ClN3O2S. The Morgan fingerprint density at radius 2 is 2.19 bits per heavy atom. The molecule has 1 heterocycles. The maximum Gasteiger partial charge on any atom is 0.261 e. The molecule has 1 amide bonds. The minimum atomic E-state index is -0.557. The van der Waals surface area contributed by atoms with Crippen molar-refractivity contribution in [2.24, 2.45) is 5.73 Å². The predicted octanol–water partition coefficient (Wildman–Crippen LogP) is 2.73. The second-order valence-electron chi connectivity index (χ2n) is 4.53. The Kier molecular flexibility index (Phi) is 4.59. The Labute approximate surface area is 132 Å². The highest BCUT2D eigenvalue weighted by atomic mass is 35.5. The molecule has 112 valence electrons. The van der Waals surface area contributed by atoms with Crippen LogP contribution in [-0.2, 0) is 6.54 Å². The minimum absolute atomic E-state index is 0.281. The number of nitrogens with two attached hydrogens (primary N) is 2. The lowest BCUT2D eigenvalue weighted by Crippen LogP contribution is -2.15. The van der Waals surface area contributed by atoms with Crippen molar-refractivity contribution in [2.45, 2.75) is 6.54 Å². The zero-order valence-corrected chi connectivity index (χ0v) is 13.3. The lowest BCUT2D eigenvalue weighted by Gasteiger charge is -2.19. The minimum Gasteiger partial charge on any atom is -0.492 e. The summed E-state index contributed by atoms with van der Waals surface area (Å²) in [5.41, 5.74) is 12.6. The van der Waals surface area contributed by atoms with Crippen LogP contribution in [0, 0.1) is 0 Å². The summed E-state index contributed by atoms with van der Waals surface area (Å²) in [7, 11) is 3.40. The number of hydrogen-bond donors (Lipinski definition) is 2. The highest BCUT2D eigenvalue weighted by molar-refractivity contribution is 7.19.